The van der Waals surface area contributed by atoms with E-state index < -0.39 is 0 Å². The molecule has 120 valence electrons. The molecule has 0 unspecified atom stereocenters. The summed E-state index contributed by atoms with van der Waals surface area (Å²) in [6.07, 6.45) is 11.2. The quantitative estimate of drug-likeness (QED) is 0.902. The normalized spacial score (nSPS) is 21.0. The predicted octanol–water partition coefficient (Wildman–Crippen LogP) is 4.30. The molecule has 3 nitrogen and oxygen atoms in total. The van der Waals surface area contributed by atoms with Crippen molar-refractivity contribution >= 4 is 11.6 Å². The summed E-state index contributed by atoms with van der Waals surface area (Å²) < 4.78 is 0. The van der Waals surface area contributed by atoms with E-state index in [-0.39, 0.29) is 5.91 Å². The maximum absolute atomic E-state index is 11.9. The second kappa shape index (κ2) is 6.31. The van der Waals surface area contributed by atoms with Crippen LogP contribution in [0.25, 0.3) is 0 Å². The van der Waals surface area contributed by atoms with Crippen molar-refractivity contribution in [1.29, 1.82) is 0 Å². The van der Waals surface area contributed by atoms with Crippen LogP contribution in [0.5, 0.6) is 0 Å². The monoisotopic (exact) mass is 300 g/mol. The van der Waals surface area contributed by atoms with Gasteiger partial charge in [0, 0.05) is 31.4 Å². The number of amides is 1. The van der Waals surface area contributed by atoms with Crippen LogP contribution in [0.4, 0.5) is 5.69 Å². The second-order valence-electron chi connectivity index (χ2n) is 7.40. The average molecular weight is 300 g/mol. The van der Waals surface area contributed by atoms with Gasteiger partial charge in [-0.25, -0.2) is 0 Å². The van der Waals surface area contributed by atoms with Crippen molar-refractivity contribution in [1.82, 2.24) is 4.90 Å². The summed E-state index contributed by atoms with van der Waals surface area (Å²) in [6, 6.07) is 8.52. The van der Waals surface area contributed by atoms with Gasteiger partial charge in [-0.15, -0.1) is 0 Å². The number of hydrogen-bond acceptors (Lipinski definition) is 2. The first-order valence-corrected chi connectivity index (χ1v) is 8.66. The molecule has 0 atom stereocenters. The minimum atomic E-state index is 0.0624. The Hall–Kier alpha value is -1.51. The van der Waals surface area contributed by atoms with Crippen LogP contribution in [0.3, 0.4) is 0 Å². The fourth-order valence-corrected chi connectivity index (χ4v) is 4.20. The standard InChI is InChI=1S/C19H28N2O/c1-21(2)18(22)15-5-7-16(8-6-15)20-17-9-13-19(14-10-17)11-3-4-12-19/h5-8,17,20H,3-4,9-14H2,1-2H3. The van der Waals surface area contributed by atoms with Gasteiger partial charge in [0.2, 0.25) is 0 Å². The molecule has 0 bridgehead atoms. The lowest BCUT2D eigenvalue weighted by atomic mass is 9.71. The molecule has 0 heterocycles. The van der Waals surface area contributed by atoms with Gasteiger partial charge in [-0.2, -0.15) is 0 Å². The molecule has 1 spiro atoms. The first kappa shape index (κ1) is 15.4. The van der Waals surface area contributed by atoms with E-state index in [0.29, 0.717) is 11.5 Å². The Morgan fingerprint density at radius 2 is 1.64 bits per heavy atom. The predicted molar refractivity (Wildman–Crippen MR) is 91.2 cm³/mol. The Bertz CT molecular complexity index is 505. The summed E-state index contributed by atoms with van der Waals surface area (Å²) in [5.74, 6) is 0.0624. The van der Waals surface area contributed by atoms with Crippen molar-refractivity contribution in [2.75, 3.05) is 19.4 Å². The summed E-state index contributed by atoms with van der Waals surface area (Å²) in [5, 5.41) is 3.66. The van der Waals surface area contributed by atoms with E-state index in [1.54, 1.807) is 19.0 Å². The van der Waals surface area contributed by atoms with Crippen molar-refractivity contribution in [3.63, 3.8) is 0 Å². The first-order valence-electron chi connectivity index (χ1n) is 8.66. The summed E-state index contributed by atoms with van der Waals surface area (Å²) in [7, 11) is 3.57. The molecular formula is C19H28N2O. The Balaban J connectivity index is 1.54. The molecule has 3 rings (SSSR count). The van der Waals surface area contributed by atoms with Gasteiger partial charge in [-0.1, -0.05) is 12.8 Å². The van der Waals surface area contributed by atoms with Crippen LogP contribution in [-0.2, 0) is 0 Å². The largest absolute Gasteiger partial charge is 0.382 e. The van der Waals surface area contributed by atoms with Gasteiger partial charge in [0.1, 0.15) is 0 Å². The molecule has 2 fully saturated rings. The smallest absolute Gasteiger partial charge is 0.253 e. The summed E-state index contributed by atoms with van der Waals surface area (Å²) in [4.78, 5) is 13.5. The Morgan fingerprint density at radius 3 is 2.18 bits per heavy atom. The van der Waals surface area contributed by atoms with Crippen LogP contribution in [0.1, 0.15) is 61.7 Å². The van der Waals surface area contributed by atoms with Crippen LogP contribution < -0.4 is 5.32 Å². The molecule has 0 saturated heterocycles. The van der Waals surface area contributed by atoms with Crippen molar-refractivity contribution < 1.29 is 4.79 Å². The Morgan fingerprint density at radius 1 is 1.05 bits per heavy atom. The molecule has 3 heteroatoms. The highest BCUT2D eigenvalue weighted by Gasteiger charge is 2.37. The van der Waals surface area contributed by atoms with Gasteiger partial charge in [0.05, 0.1) is 0 Å². The minimum absolute atomic E-state index is 0.0624. The van der Waals surface area contributed by atoms with E-state index in [1.165, 1.54) is 51.4 Å². The van der Waals surface area contributed by atoms with E-state index in [9.17, 15) is 4.79 Å². The van der Waals surface area contributed by atoms with Crippen molar-refractivity contribution in [2.24, 2.45) is 5.41 Å². The molecule has 1 amide bonds. The summed E-state index contributed by atoms with van der Waals surface area (Å²) in [6.45, 7) is 0. The minimum Gasteiger partial charge on any atom is -0.382 e. The van der Waals surface area contributed by atoms with Crippen LogP contribution in [0, 0.1) is 5.41 Å². The summed E-state index contributed by atoms with van der Waals surface area (Å²) in [5.41, 5.74) is 2.59. The number of carbonyl (C=O) groups excluding carboxylic acids is 1. The fourth-order valence-electron chi connectivity index (χ4n) is 4.20. The number of hydrogen-bond donors (Lipinski definition) is 1. The van der Waals surface area contributed by atoms with E-state index in [1.807, 2.05) is 24.3 Å². The number of carbonyl (C=O) groups is 1. The third-order valence-corrected chi connectivity index (χ3v) is 5.62. The maximum atomic E-state index is 11.9. The lowest BCUT2D eigenvalue weighted by Crippen LogP contribution is -2.31. The van der Waals surface area contributed by atoms with Gasteiger partial charge in [-0.3, -0.25) is 4.79 Å². The fraction of sp³-hybridized carbons (Fsp3) is 0.632. The number of anilines is 1. The molecule has 1 N–H and O–H groups in total. The molecule has 0 aliphatic heterocycles. The average Bonchev–Trinajstić information content (AvgIpc) is 2.98. The zero-order valence-electron chi connectivity index (χ0n) is 13.9. The topological polar surface area (TPSA) is 32.3 Å². The van der Waals surface area contributed by atoms with Gasteiger partial charge in [-0.05, 0) is 68.2 Å². The van der Waals surface area contributed by atoms with Crippen LogP contribution in [-0.4, -0.2) is 30.9 Å². The summed E-state index contributed by atoms with van der Waals surface area (Å²) >= 11 is 0. The van der Waals surface area contributed by atoms with Crippen LogP contribution in [0.15, 0.2) is 24.3 Å². The molecule has 0 aromatic heterocycles. The third kappa shape index (κ3) is 3.29. The van der Waals surface area contributed by atoms with Gasteiger partial charge in [0.15, 0.2) is 0 Å². The van der Waals surface area contributed by atoms with Gasteiger partial charge < -0.3 is 10.2 Å². The highest BCUT2D eigenvalue weighted by atomic mass is 16.2. The highest BCUT2D eigenvalue weighted by Crippen LogP contribution is 2.49. The maximum Gasteiger partial charge on any atom is 0.253 e. The number of benzene rings is 1. The van der Waals surface area contributed by atoms with Crippen molar-refractivity contribution in [2.45, 2.75) is 57.4 Å². The van der Waals surface area contributed by atoms with E-state index in [2.05, 4.69) is 5.32 Å². The SMILES string of the molecule is CN(C)C(=O)c1ccc(NC2CCC3(CCCC3)CC2)cc1. The second-order valence-corrected chi connectivity index (χ2v) is 7.40. The van der Waals surface area contributed by atoms with Gasteiger partial charge in [0.25, 0.3) is 5.91 Å². The third-order valence-electron chi connectivity index (χ3n) is 5.62. The molecule has 0 radical (unpaired) electrons. The lowest BCUT2D eigenvalue weighted by Gasteiger charge is -2.37. The van der Waals surface area contributed by atoms with Crippen molar-refractivity contribution in [3.05, 3.63) is 29.8 Å². The van der Waals surface area contributed by atoms with E-state index in [4.69, 9.17) is 0 Å². The molecule has 2 saturated carbocycles. The Labute approximate surface area is 134 Å². The van der Waals surface area contributed by atoms with E-state index >= 15 is 0 Å². The molecular weight excluding hydrogens is 272 g/mol. The zero-order valence-corrected chi connectivity index (χ0v) is 13.9. The molecule has 2 aliphatic carbocycles. The van der Waals surface area contributed by atoms with Crippen LogP contribution in [0.2, 0.25) is 0 Å². The molecule has 1 aromatic carbocycles. The zero-order chi connectivity index (χ0) is 15.6. The Kier molecular flexibility index (Phi) is 4.42. The number of nitrogens with one attached hydrogen (secondary N) is 1. The van der Waals surface area contributed by atoms with Crippen LogP contribution >= 0.6 is 0 Å². The molecule has 22 heavy (non-hydrogen) atoms. The van der Waals surface area contributed by atoms with Crippen molar-refractivity contribution in [3.8, 4) is 0 Å². The first-order chi connectivity index (χ1) is 10.6. The lowest BCUT2D eigenvalue weighted by molar-refractivity contribution is 0.0827. The molecule has 2 aliphatic rings. The van der Waals surface area contributed by atoms with E-state index in [0.717, 1.165) is 11.3 Å². The molecule has 1 aromatic rings. The highest BCUT2D eigenvalue weighted by molar-refractivity contribution is 5.94. The number of rotatable bonds is 3. The number of nitrogens with zero attached hydrogens (tertiary/aromatic N) is 1. The van der Waals surface area contributed by atoms with Gasteiger partial charge >= 0.3 is 0 Å².